The average molecular weight is 758 g/mol. The van der Waals surface area contributed by atoms with E-state index in [0.29, 0.717) is 12.8 Å². The second-order valence-corrected chi connectivity index (χ2v) is 15.2. The number of rotatable bonds is 37. The van der Waals surface area contributed by atoms with Crippen LogP contribution in [0, 0.1) is 0 Å². The van der Waals surface area contributed by atoms with Crippen LogP contribution in [0.4, 0.5) is 0 Å². The van der Waals surface area contributed by atoms with Crippen LogP contribution in [-0.2, 0) is 28.6 Å². The van der Waals surface area contributed by atoms with Crippen molar-refractivity contribution in [2.75, 3.05) is 41.0 Å². The lowest BCUT2D eigenvalue weighted by Gasteiger charge is -2.34. The Morgan fingerprint density at radius 3 is 1.67 bits per heavy atom. The van der Waals surface area contributed by atoms with Gasteiger partial charge in [-0.2, -0.15) is 0 Å². The van der Waals surface area contributed by atoms with Crippen LogP contribution in [0.15, 0.2) is 60.8 Å². The minimum Gasteiger partial charge on any atom is -0.544 e. The van der Waals surface area contributed by atoms with Gasteiger partial charge in [-0.25, -0.2) is 0 Å². The number of likely N-dealkylation sites (N-methyl/N-ethyl adjacent to an activating group) is 1. The molecule has 0 rings (SSSR count). The molecule has 0 bridgehead atoms. The van der Waals surface area contributed by atoms with Crippen LogP contribution in [0.2, 0.25) is 0 Å². The summed E-state index contributed by atoms with van der Waals surface area (Å²) in [5.74, 6) is -1.78. The average Bonchev–Trinajstić information content (AvgIpc) is 3.12. The molecule has 0 spiro atoms. The standard InChI is InChI=1S/C46H79NO7/c1-6-8-10-12-14-16-18-19-20-21-22-23-24-25-27-29-31-33-35-37-45(49)54-42(40-52-39-38-43(46(50)51)47(3,4)5)41-53-44(48)36-34-32-30-28-26-17-15-13-11-9-7-2/h8,10,13-17,19-20,26,42-43H,6-7,9,11-12,18,21-25,27-41H2,1-5H3/b10-8+,15-13+,16-14+,20-19+,26-17+. The van der Waals surface area contributed by atoms with Crippen molar-refractivity contribution in [3.63, 3.8) is 0 Å². The van der Waals surface area contributed by atoms with Crippen molar-refractivity contribution in [1.82, 2.24) is 0 Å². The van der Waals surface area contributed by atoms with E-state index in [1.807, 2.05) is 0 Å². The van der Waals surface area contributed by atoms with Crippen molar-refractivity contribution in [3.05, 3.63) is 60.8 Å². The number of allylic oxidation sites excluding steroid dienone is 10. The van der Waals surface area contributed by atoms with E-state index in [2.05, 4.69) is 74.6 Å². The molecule has 0 heterocycles. The summed E-state index contributed by atoms with van der Waals surface area (Å²) in [6.07, 6.45) is 43.9. The lowest BCUT2D eigenvalue weighted by atomic mass is 10.1. The highest BCUT2D eigenvalue weighted by Gasteiger charge is 2.25. The molecular weight excluding hydrogens is 679 g/mol. The fraction of sp³-hybridized carbons (Fsp3) is 0.717. The minimum absolute atomic E-state index is 0.0278. The molecule has 0 aromatic rings. The molecule has 0 aliphatic carbocycles. The van der Waals surface area contributed by atoms with Gasteiger partial charge in [0.25, 0.3) is 0 Å². The Kier molecular flexibility index (Phi) is 34.9. The first kappa shape index (κ1) is 51.0. The summed E-state index contributed by atoms with van der Waals surface area (Å²) in [6, 6.07) is -0.732. The Hall–Kier alpha value is -2.97. The van der Waals surface area contributed by atoms with Crippen LogP contribution in [0.3, 0.4) is 0 Å². The number of unbranched alkanes of at least 4 members (excludes halogenated alkanes) is 14. The van der Waals surface area contributed by atoms with Gasteiger partial charge in [-0.1, -0.05) is 139 Å². The van der Waals surface area contributed by atoms with E-state index in [-0.39, 0.29) is 42.7 Å². The molecule has 0 aliphatic heterocycles. The Labute approximate surface area is 330 Å². The predicted octanol–water partition coefficient (Wildman–Crippen LogP) is 10.1. The lowest BCUT2D eigenvalue weighted by Crippen LogP contribution is -2.55. The highest BCUT2D eigenvalue weighted by Crippen LogP contribution is 2.13. The second kappa shape index (κ2) is 37.0. The first-order chi connectivity index (χ1) is 26.1. The van der Waals surface area contributed by atoms with Crippen molar-refractivity contribution in [1.29, 1.82) is 0 Å². The third-order valence-corrected chi connectivity index (χ3v) is 9.17. The molecule has 0 N–H and O–H groups in total. The first-order valence-corrected chi connectivity index (χ1v) is 21.3. The third-order valence-electron chi connectivity index (χ3n) is 9.17. The molecule has 0 aromatic carbocycles. The number of carboxylic acids is 1. The second-order valence-electron chi connectivity index (χ2n) is 15.2. The van der Waals surface area contributed by atoms with E-state index in [0.717, 1.165) is 77.0 Å². The van der Waals surface area contributed by atoms with Gasteiger partial charge in [-0.3, -0.25) is 9.59 Å². The number of hydrogen-bond acceptors (Lipinski definition) is 7. The minimum atomic E-state index is -1.13. The van der Waals surface area contributed by atoms with E-state index in [1.54, 1.807) is 21.1 Å². The van der Waals surface area contributed by atoms with Gasteiger partial charge in [0, 0.05) is 19.3 Å². The summed E-state index contributed by atoms with van der Waals surface area (Å²) >= 11 is 0. The van der Waals surface area contributed by atoms with Gasteiger partial charge in [0.2, 0.25) is 0 Å². The maximum absolute atomic E-state index is 12.7. The molecule has 0 aliphatic rings. The fourth-order valence-electron chi connectivity index (χ4n) is 5.83. The Morgan fingerprint density at radius 2 is 1.09 bits per heavy atom. The number of carbonyl (C=O) groups is 3. The third kappa shape index (κ3) is 34.8. The number of carbonyl (C=O) groups excluding carboxylic acids is 3. The highest BCUT2D eigenvalue weighted by molar-refractivity contribution is 5.70. The highest BCUT2D eigenvalue weighted by atomic mass is 16.6. The van der Waals surface area contributed by atoms with E-state index < -0.39 is 18.1 Å². The molecule has 0 fully saturated rings. The number of quaternary nitrogens is 1. The largest absolute Gasteiger partial charge is 0.544 e. The Balaban J connectivity index is 4.36. The fourth-order valence-corrected chi connectivity index (χ4v) is 5.83. The summed E-state index contributed by atoms with van der Waals surface area (Å²) in [4.78, 5) is 36.8. The van der Waals surface area contributed by atoms with E-state index in [9.17, 15) is 19.5 Å². The molecular formula is C46H79NO7. The maximum Gasteiger partial charge on any atom is 0.306 e. The number of ether oxygens (including phenoxy) is 3. The monoisotopic (exact) mass is 758 g/mol. The van der Waals surface area contributed by atoms with Crippen LogP contribution >= 0.6 is 0 Å². The van der Waals surface area contributed by atoms with Gasteiger partial charge in [0.1, 0.15) is 12.6 Å². The van der Waals surface area contributed by atoms with Gasteiger partial charge in [0.15, 0.2) is 6.10 Å². The molecule has 310 valence electrons. The van der Waals surface area contributed by atoms with E-state index in [4.69, 9.17) is 14.2 Å². The molecule has 0 saturated carbocycles. The van der Waals surface area contributed by atoms with Gasteiger partial charge in [-0.15, -0.1) is 0 Å². The molecule has 2 unspecified atom stereocenters. The lowest BCUT2D eigenvalue weighted by molar-refractivity contribution is -0.889. The van der Waals surface area contributed by atoms with Crippen LogP contribution in [-0.4, -0.2) is 75.5 Å². The molecule has 8 heteroatoms. The van der Waals surface area contributed by atoms with Gasteiger partial charge >= 0.3 is 11.9 Å². The van der Waals surface area contributed by atoms with Gasteiger partial charge in [0.05, 0.1) is 40.3 Å². The molecule has 0 aromatic heterocycles. The summed E-state index contributed by atoms with van der Waals surface area (Å²) in [7, 11) is 5.39. The predicted molar refractivity (Wildman–Crippen MR) is 222 cm³/mol. The quantitative estimate of drug-likeness (QED) is 0.0204. The molecule has 8 nitrogen and oxygen atoms in total. The number of carboxylic acid groups (broad SMARTS) is 1. The number of esters is 2. The molecule has 0 amide bonds. The van der Waals surface area contributed by atoms with Crippen molar-refractivity contribution in [3.8, 4) is 0 Å². The molecule has 2 atom stereocenters. The van der Waals surface area contributed by atoms with E-state index >= 15 is 0 Å². The van der Waals surface area contributed by atoms with Crippen LogP contribution in [0.5, 0.6) is 0 Å². The summed E-state index contributed by atoms with van der Waals surface area (Å²) in [6.45, 7) is 4.45. The van der Waals surface area contributed by atoms with Crippen molar-refractivity contribution >= 4 is 17.9 Å². The van der Waals surface area contributed by atoms with Crippen LogP contribution in [0.1, 0.15) is 162 Å². The smallest absolute Gasteiger partial charge is 0.306 e. The summed E-state index contributed by atoms with van der Waals surface area (Å²) < 4.78 is 17.1. The van der Waals surface area contributed by atoms with Crippen molar-refractivity contribution in [2.24, 2.45) is 0 Å². The Bertz CT molecular complexity index is 1070. The van der Waals surface area contributed by atoms with Gasteiger partial charge in [-0.05, 0) is 64.2 Å². The van der Waals surface area contributed by atoms with Crippen LogP contribution < -0.4 is 5.11 Å². The van der Waals surface area contributed by atoms with Crippen molar-refractivity contribution in [2.45, 2.75) is 174 Å². The topological polar surface area (TPSA) is 102 Å². The van der Waals surface area contributed by atoms with Crippen LogP contribution in [0.25, 0.3) is 0 Å². The first-order valence-electron chi connectivity index (χ1n) is 21.3. The number of nitrogens with zero attached hydrogens (tertiary/aromatic N) is 1. The zero-order valence-corrected chi connectivity index (χ0v) is 35.1. The summed E-state index contributed by atoms with van der Waals surface area (Å²) in [5, 5.41) is 11.6. The maximum atomic E-state index is 12.7. The SMILES string of the molecule is CC/C=C/C/C=C/C/C=C/CCCCCCCCCCCC(=O)OC(COCCC(C(=O)[O-])[N+](C)(C)C)COC(=O)CCCCC/C=C/C=C/CCCC. The Morgan fingerprint density at radius 1 is 0.593 bits per heavy atom. The zero-order chi connectivity index (χ0) is 40.0. The van der Waals surface area contributed by atoms with Gasteiger partial charge < -0.3 is 28.6 Å². The number of aliphatic carboxylic acids is 1. The summed E-state index contributed by atoms with van der Waals surface area (Å²) in [5.41, 5.74) is 0. The molecule has 54 heavy (non-hydrogen) atoms. The zero-order valence-electron chi connectivity index (χ0n) is 35.1. The molecule has 0 saturated heterocycles. The number of hydrogen-bond donors (Lipinski definition) is 0. The van der Waals surface area contributed by atoms with Crippen molar-refractivity contribution < 1.29 is 38.2 Å². The normalized spacial score (nSPS) is 13.6. The molecule has 0 radical (unpaired) electrons. The van der Waals surface area contributed by atoms with E-state index in [1.165, 1.54) is 51.4 Å².